The van der Waals surface area contributed by atoms with Gasteiger partial charge in [0.15, 0.2) is 0 Å². The lowest BCUT2D eigenvalue weighted by molar-refractivity contribution is -0.870. The van der Waals surface area contributed by atoms with Crippen molar-refractivity contribution < 1.29 is 32.9 Å². The van der Waals surface area contributed by atoms with Crippen LogP contribution in [-0.4, -0.2) is 73.4 Å². The second kappa shape index (κ2) is 46.4. The molecule has 0 bridgehead atoms. The molecule has 0 spiro atoms. The number of aliphatic hydroxyl groups is 1. The van der Waals surface area contributed by atoms with Crippen LogP contribution < -0.4 is 5.32 Å². The fraction of sp³-hybridized carbons (Fsp3) is 0.944. The summed E-state index contributed by atoms with van der Waals surface area (Å²) in [6.45, 7) is 4.84. The maximum atomic E-state index is 12.8. The fourth-order valence-corrected chi connectivity index (χ4v) is 9.13. The van der Waals surface area contributed by atoms with Gasteiger partial charge in [0.25, 0.3) is 0 Å². The number of nitrogens with one attached hydrogen (secondary N) is 1. The molecule has 0 aliphatic rings. The third-order valence-corrected chi connectivity index (χ3v) is 13.7. The Bertz CT molecular complexity index is 1040. The van der Waals surface area contributed by atoms with Gasteiger partial charge in [0.2, 0.25) is 5.91 Å². The molecule has 3 unspecified atom stereocenters. The Kier molecular flexibility index (Phi) is 45.8. The van der Waals surface area contributed by atoms with E-state index in [-0.39, 0.29) is 19.1 Å². The Morgan fingerprint density at radius 1 is 0.524 bits per heavy atom. The molecule has 0 radical (unpaired) electrons. The zero-order valence-corrected chi connectivity index (χ0v) is 43.7. The van der Waals surface area contributed by atoms with Crippen molar-refractivity contribution in [2.45, 2.75) is 289 Å². The van der Waals surface area contributed by atoms with Gasteiger partial charge in [0.05, 0.1) is 39.9 Å². The molecule has 0 rings (SSSR count). The van der Waals surface area contributed by atoms with Crippen molar-refractivity contribution in [1.82, 2.24) is 5.32 Å². The first-order valence-corrected chi connectivity index (χ1v) is 29.0. The van der Waals surface area contributed by atoms with E-state index >= 15 is 0 Å². The number of phosphoric acid groups is 1. The zero-order valence-electron chi connectivity index (χ0n) is 42.8. The van der Waals surface area contributed by atoms with E-state index in [1.165, 1.54) is 212 Å². The predicted molar refractivity (Wildman–Crippen MR) is 272 cm³/mol. The predicted octanol–water partition coefficient (Wildman–Crippen LogP) is 16.3. The number of carbonyl (C=O) groups excluding carboxylic acids is 1. The summed E-state index contributed by atoms with van der Waals surface area (Å²) in [5, 5.41) is 13.8. The number of hydrogen-bond donors (Lipinski definition) is 3. The van der Waals surface area contributed by atoms with Gasteiger partial charge in [-0.3, -0.25) is 13.8 Å². The maximum absolute atomic E-state index is 12.8. The van der Waals surface area contributed by atoms with Gasteiger partial charge in [0, 0.05) is 6.42 Å². The molecule has 1 amide bonds. The molecule has 0 saturated heterocycles. The Balaban J connectivity index is 3.73. The van der Waals surface area contributed by atoms with E-state index in [2.05, 4.69) is 31.3 Å². The minimum Gasteiger partial charge on any atom is -0.391 e. The monoisotopic (exact) mass is 914 g/mol. The average Bonchev–Trinajstić information content (AvgIpc) is 3.24. The lowest BCUT2D eigenvalue weighted by Gasteiger charge is -2.26. The van der Waals surface area contributed by atoms with Gasteiger partial charge < -0.3 is 19.8 Å². The molecule has 0 aromatic carbocycles. The summed E-state index contributed by atoms with van der Waals surface area (Å²) in [7, 11) is 1.62. The quantitative estimate of drug-likeness (QED) is 0.0243. The summed E-state index contributed by atoms with van der Waals surface area (Å²) in [6.07, 6.45) is 56.1. The van der Waals surface area contributed by atoms with Crippen molar-refractivity contribution in [3.63, 3.8) is 0 Å². The second-order valence-electron chi connectivity index (χ2n) is 20.3. The van der Waals surface area contributed by atoms with E-state index in [0.717, 1.165) is 38.5 Å². The van der Waals surface area contributed by atoms with Crippen LogP contribution in [0.15, 0.2) is 12.2 Å². The van der Waals surface area contributed by atoms with E-state index in [1.54, 1.807) is 0 Å². The normalized spacial score (nSPS) is 14.1. The molecule has 0 fully saturated rings. The minimum atomic E-state index is -4.30. The lowest BCUT2D eigenvalue weighted by atomic mass is 10.0. The van der Waals surface area contributed by atoms with Gasteiger partial charge in [0.1, 0.15) is 13.2 Å². The summed E-state index contributed by atoms with van der Waals surface area (Å²) in [5.74, 6) is -0.145. The number of carbonyl (C=O) groups is 1. The standard InChI is InChI=1S/C54H109N2O6P/c1-6-8-10-12-14-15-16-17-18-19-20-21-22-23-24-25-26-27-28-29-30-31-32-33-34-35-36-37-38-39-40-41-42-44-46-48-54(58)55-52(53(57)47-45-43-13-11-9-7-2)51-62-63(59,60)61-50-49-56(3,4)5/h19-20,52-53,57H,6-18,21-51H2,1-5H3,(H-,55,58,59,60)/p+1/b20-19-. The van der Waals surface area contributed by atoms with E-state index in [0.29, 0.717) is 23.9 Å². The largest absolute Gasteiger partial charge is 0.472 e. The molecular formula is C54H110N2O6P+. The number of rotatable bonds is 51. The molecule has 0 aliphatic carbocycles. The number of amides is 1. The summed E-state index contributed by atoms with van der Waals surface area (Å²) < 4.78 is 23.5. The molecule has 0 aromatic rings. The molecular weight excluding hydrogens is 804 g/mol. The van der Waals surface area contributed by atoms with Crippen LogP contribution in [-0.2, 0) is 18.4 Å². The van der Waals surface area contributed by atoms with E-state index < -0.39 is 20.0 Å². The Morgan fingerprint density at radius 3 is 1.22 bits per heavy atom. The number of aliphatic hydroxyl groups excluding tert-OH is 1. The van der Waals surface area contributed by atoms with Gasteiger partial charge in [-0.25, -0.2) is 4.57 Å². The molecule has 8 nitrogen and oxygen atoms in total. The van der Waals surface area contributed by atoms with Gasteiger partial charge >= 0.3 is 7.82 Å². The van der Waals surface area contributed by atoms with Gasteiger partial charge in [-0.1, -0.05) is 244 Å². The van der Waals surface area contributed by atoms with Crippen LogP contribution in [0.3, 0.4) is 0 Å². The fourth-order valence-electron chi connectivity index (χ4n) is 8.40. The highest BCUT2D eigenvalue weighted by atomic mass is 31.2. The Morgan fingerprint density at radius 2 is 0.857 bits per heavy atom. The highest BCUT2D eigenvalue weighted by Crippen LogP contribution is 2.43. The number of allylic oxidation sites excluding steroid dienone is 2. The summed E-state index contributed by atoms with van der Waals surface area (Å²) in [5.41, 5.74) is 0. The SMILES string of the molecule is CCCCCCCCCC/C=C\CCCCCCCCCCCCCCCCCCCCCCCCCC(=O)NC(COP(=O)(O)OCC[N+](C)(C)C)C(O)CCCCCCCC. The molecule has 0 heterocycles. The smallest absolute Gasteiger partial charge is 0.391 e. The number of unbranched alkanes of at least 4 members (excludes halogenated alkanes) is 36. The highest BCUT2D eigenvalue weighted by Gasteiger charge is 2.28. The third-order valence-electron chi connectivity index (χ3n) is 12.8. The number of nitrogens with zero attached hydrogens (tertiary/aromatic N) is 1. The zero-order chi connectivity index (χ0) is 46.4. The Labute approximate surface area is 392 Å². The summed E-state index contributed by atoms with van der Waals surface area (Å²) >= 11 is 0. The molecule has 0 aliphatic heterocycles. The van der Waals surface area contributed by atoms with Crippen molar-refractivity contribution in [1.29, 1.82) is 0 Å². The third kappa shape index (κ3) is 49.0. The number of hydrogen-bond acceptors (Lipinski definition) is 5. The summed E-state index contributed by atoms with van der Waals surface area (Å²) in [6, 6.07) is -0.752. The van der Waals surface area contributed by atoms with Crippen LogP contribution in [0.4, 0.5) is 0 Å². The minimum absolute atomic E-state index is 0.0769. The lowest BCUT2D eigenvalue weighted by Crippen LogP contribution is -2.46. The highest BCUT2D eigenvalue weighted by molar-refractivity contribution is 7.47. The number of phosphoric ester groups is 1. The van der Waals surface area contributed by atoms with Crippen LogP contribution in [0.2, 0.25) is 0 Å². The maximum Gasteiger partial charge on any atom is 0.472 e. The Hall–Kier alpha value is -0.760. The van der Waals surface area contributed by atoms with Crippen LogP contribution in [0.1, 0.15) is 277 Å². The van der Waals surface area contributed by atoms with Crippen molar-refractivity contribution in [3.8, 4) is 0 Å². The molecule has 3 N–H and O–H groups in total. The van der Waals surface area contributed by atoms with Crippen LogP contribution >= 0.6 is 7.82 Å². The topological polar surface area (TPSA) is 105 Å². The molecule has 0 aromatic heterocycles. The molecule has 3 atom stereocenters. The first kappa shape index (κ1) is 62.2. The summed E-state index contributed by atoms with van der Waals surface area (Å²) in [4.78, 5) is 23.1. The molecule has 63 heavy (non-hydrogen) atoms. The van der Waals surface area contributed by atoms with Gasteiger partial charge in [-0.2, -0.15) is 0 Å². The van der Waals surface area contributed by atoms with Gasteiger partial charge in [-0.15, -0.1) is 0 Å². The average molecular weight is 914 g/mol. The van der Waals surface area contributed by atoms with E-state index in [4.69, 9.17) is 9.05 Å². The second-order valence-corrected chi connectivity index (χ2v) is 21.8. The van der Waals surface area contributed by atoms with Crippen LogP contribution in [0.5, 0.6) is 0 Å². The van der Waals surface area contributed by atoms with Gasteiger partial charge in [-0.05, 0) is 38.5 Å². The molecule has 376 valence electrons. The van der Waals surface area contributed by atoms with Crippen molar-refractivity contribution in [3.05, 3.63) is 12.2 Å². The van der Waals surface area contributed by atoms with Crippen LogP contribution in [0, 0.1) is 0 Å². The number of likely N-dealkylation sites (N-methyl/N-ethyl adjacent to an activating group) is 1. The van der Waals surface area contributed by atoms with E-state index in [1.807, 2.05) is 21.1 Å². The first-order valence-electron chi connectivity index (χ1n) is 27.6. The molecule has 9 heteroatoms. The van der Waals surface area contributed by atoms with Crippen molar-refractivity contribution in [2.75, 3.05) is 40.9 Å². The van der Waals surface area contributed by atoms with Crippen molar-refractivity contribution in [2.24, 2.45) is 0 Å². The first-order chi connectivity index (χ1) is 30.5. The van der Waals surface area contributed by atoms with Crippen molar-refractivity contribution >= 4 is 13.7 Å². The van der Waals surface area contributed by atoms with Crippen LogP contribution in [0.25, 0.3) is 0 Å². The molecule has 0 saturated carbocycles. The number of quaternary nitrogens is 1. The van der Waals surface area contributed by atoms with E-state index in [9.17, 15) is 19.4 Å².